The second-order valence-electron chi connectivity index (χ2n) is 8.89. The van der Waals surface area contributed by atoms with E-state index < -0.39 is 8.32 Å². The van der Waals surface area contributed by atoms with Crippen LogP contribution in [-0.2, 0) is 4.43 Å². The molecule has 1 spiro atoms. The Bertz CT molecular complexity index is 592. The Hall–Kier alpha value is -0.0931. The Morgan fingerprint density at radius 1 is 1.04 bits per heavy atom. The maximum absolute atomic E-state index is 6.92. The minimum atomic E-state index is -1.75. The Morgan fingerprint density at radius 3 is 2.07 bits per heavy atom. The lowest BCUT2D eigenvalue weighted by Crippen LogP contribution is -2.37. The van der Waals surface area contributed by atoms with E-state index in [2.05, 4.69) is 25.8 Å². The molecule has 1 aromatic rings. The molecule has 0 bridgehead atoms. The predicted molar refractivity (Wildman–Crippen MR) is 118 cm³/mol. The molecule has 2 fully saturated rings. The molecule has 27 heavy (non-hydrogen) atoms. The maximum atomic E-state index is 6.92. The van der Waals surface area contributed by atoms with Gasteiger partial charge in [0.05, 0.1) is 16.1 Å². The van der Waals surface area contributed by atoms with Crippen LogP contribution < -0.4 is 0 Å². The standard InChI is InChI=1S/C22H35Cl2NOSi/c1-4-27(5-2,6-3)26-20(21-18(23)15-25-16-19(21)24)8-7-17-9-11-22(12-10-17)13-14-22/h15-17,20H,4-14H2,1-3H3. The first kappa shape index (κ1) is 21.6. The summed E-state index contributed by atoms with van der Waals surface area (Å²) in [4.78, 5) is 4.15. The molecule has 1 heterocycles. The van der Waals surface area contributed by atoms with Crippen molar-refractivity contribution in [2.75, 3.05) is 0 Å². The van der Waals surface area contributed by atoms with E-state index >= 15 is 0 Å². The molecular formula is C22H35Cl2NOSi. The van der Waals surface area contributed by atoms with Gasteiger partial charge in [0.15, 0.2) is 8.32 Å². The van der Waals surface area contributed by atoms with E-state index in [-0.39, 0.29) is 6.10 Å². The van der Waals surface area contributed by atoms with Crippen molar-refractivity contribution >= 4 is 31.5 Å². The number of nitrogens with zero attached hydrogens (tertiary/aromatic N) is 1. The Labute approximate surface area is 176 Å². The monoisotopic (exact) mass is 427 g/mol. The van der Waals surface area contributed by atoms with E-state index in [1.807, 2.05) is 0 Å². The fraction of sp³-hybridized carbons (Fsp3) is 0.773. The highest BCUT2D eigenvalue weighted by molar-refractivity contribution is 6.73. The van der Waals surface area contributed by atoms with Gasteiger partial charge < -0.3 is 4.43 Å². The molecule has 5 heteroatoms. The van der Waals surface area contributed by atoms with Crippen LogP contribution in [0, 0.1) is 11.3 Å². The Balaban J connectivity index is 1.73. The number of halogens is 2. The molecule has 2 nitrogen and oxygen atoms in total. The molecule has 2 saturated carbocycles. The van der Waals surface area contributed by atoms with Gasteiger partial charge in [0.2, 0.25) is 0 Å². The van der Waals surface area contributed by atoms with E-state index in [4.69, 9.17) is 27.6 Å². The van der Waals surface area contributed by atoms with E-state index in [1.54, 1.807) is 12.4 Å². The third kappa shape index (κ3) is 5.10. The summed E-state index contributed by atoms with van der Waals surface area (Å²) in [6.07, 6.45) is 14.3. The molecule has 0 aliphatic heterocycles. The first-order chi connectivity index (χ1) is 13.0. The number of rotatable bonds is 9. The minimum absolute atomic E-state index is 0.0105. The lowest BCUT2D eigenvalue weighted by Gasteiger charge is -2.35. The second-order valence-corrected chi connectivity index (χ2v) is 14.4. The van der Waals surface area contributed by atoms with Gasteiger partial charge in [-0.1, -0.05) is 44.0 Å². The van der Waals surface area contributed by atoms with Gasteiger partial charge in [-0.25, -0.2) is 0 Å². The SMILES string of the molecule is CC[Si](CC)(CC)OC(CCC1CCC2(CC1)CC2)c1c(Cl)cncc1Cl. The van der Waals surface area contributed by atoms with Crippen LogP contribution in [0.3, 0.4) is 0 Å². The van der Waals surface area contributed by atoms with Gasteiger partial charge in [0.1, 0.15) is 0 Å². The molecule has 1 unspecified atom stereocenters. The molecule has 0 N–H and O–H groups in total. The zero-order valence-corrected chi connectivity index (χ0v) is 19.7. The van der Waals surface area contributed by atoms with Crippen molar-refractivity contribution in [3.63, 3.8) is 0 Å². The number of aromatic nitrogens is 1. The van der Waals surface area contributed by atoms with Crippen LogP contribution in [-0.4, -0.2) is 13.3 Å². The quantitative estimate of drug-likeness (QED) is 0.370. The average Bonchev–Trinajstić information content (AvgIpc) is 3.44. The van der Waals surface area contributed by atoms with Crippen molar-refractivity contribution < 1.29 is 4.43 Å². The number of hydrogen-bond acceptors (Lipinski definition) is 2. The number of hydrogen-bond donors (Lipinski definition) is 0. The normalized spacial score (nSPS) is 20.8. The largest absolute Gasteiger partial charge is 0.410 e. The van der Waals surface area contributed by atoms with Gasteiger partial charge >= 0.3 is 0 Å². The molecule has 3 rings (SSSR count). The van der Waals surface area contributed by atoms with Crippen molar-refractivity contribution in [1.82, 2.24) is 4.98 Å². The van der Waals surface area contributed by atoms with Crippen LogP contribution in [0.1, 0.15) is 83.8 Å². The van der Waals surface area contributed by atoms with Gasteiger partial charge in [-0.3, -0.25) is 4.98 Å². The van der Waals surface area contributed by atoms with Crippen LogP contribution >= 0.6 is 23.2 Å². The summed E-state index contributed by atoms with van der Waals surface area (Å²) < 4.78 is 6.92. The van der Waals surface area contributed by atoms with Crippen molar-refractivity contribution in [3.05, 3.63) is 28.0 Å². The lowest BCUT2D eigenvalue weighted by molar-refractivity contribution is 0.155. The fourth-order valence-electron chi connectivity index (χ4n) is 4.94. The van der Waals surface area contributed by atoms with Gasteiger partial charge in [-0.15, -0.1) is 0 Å². The summed E-state index contributed by atoms with van der Waals surface area (Å²) in [7, 11) is -1.75. The van der Waals surface area contributed by atoms with Gasteiger partial charge in [-0.05, 0) is 80.8 Å². The van der Waals surface area contributed by atoms with Crippen molar-refractivity contribution in [1.29, 1.82) is 0 Å². The summed E-state index contributed by atoms with van der Waals surface area (Å²) in [6, 6.07) is 3.42. The molecule has 0 aromatic carbocycles. The lowest BCUT2D eigenvalue weighted by atomic mass is 9.77. The smallest absolute Gasteiger partial charge is 0.192 e. The first-order valence-corrected chi connectivity index (χ1v) is 14.2. The first-order valence-electron chi connectivity index (χ1n) is 10.9. The van der Waals surface area contributed by atoms with E-state index in [0.29, 0.717) is 10.0 Å². The average molecular weight is 429 g/mol. The van der Waals surface area contributed by atoms with E-state index in [0.717, 1.165) is 41.4 Å². The summed E-state index contributed by atoms with van der Waals surface area (Å²) in [6.45, 7) is 6.84. The van der Waals surface area contributed by atoms with Crippen LogP contribution in [0.4, 0.5) is 0 Å². The zero-order valence-electron chi connectivity index (χ0n) is 17.2. The molecule has 0 amide bonds. The number of pyridine rings is 1. The highest BCUT2D eigenvalue weighted by Crippen LogP contribution is 2.57. The fourth-order valence-corrected chi connectivity index (χ4v) is 8.38. The molecule has 0 radical (unpaired) electrons. The summed E-state index contributed by atoms with van der Waals surface area (Å²) in [5.74, 6) is 0.836. The van der Waals surface area contributed by atoms with Crippen LogP contribution in [0.5, 0.6) is 0 Å². The van der Waals surface area contributed by atoms with Crippen molar-refractivity contribution in [2.24, 2.45) is 11.3 Å². The predicted octanol–water partition coefficient (Wildman–Crippen LogP) is 8.20. The summed E-state index contributed by atoms with van der Waals surface area (Å²) >= 11 is 13.1. The van der Waals surface area contributed by atoms with Crippen LogP contribution in [0.2, 0.25) is 28.2 Å². The third-order valence-electron chi connectivity index (χ3n) is 7.50. The highest BCUT2D eigenvalue weighted by atomic mass is 35.5. The minimum Gasteiger partial charge on any atom is -0.410 e. The molecule has 2 aliphatic rings. The van der Waals surface area contributed by atoms with Crippen LogP contribution in [0.15, 0.2) is 12.4 Å². The second kappa shape index (κ2) is 9.15. The van der Waals surface area contributed by atoms with Gasteiger partial charge in [-0.2, -0.15) is 0 Å². The van der Waals surface area contributed by atoms with E-state index in [1.165, 1.54) is 44.9 Å². The topological polar surface area (TPSA) is 22.1 Å². The Morgan fingerprint density at radius 2 is 1.59 bits per heavy atom. The molecular weight excluding hydrogens is 393 g/mol. The zero-order chi connectivity index (χ0) is 19.5. The molecule has 0 saturated heterocycles. The van der Waals surface area contributed by atoms with Gasteiger partial charge in [0, 0.05) is 18.0 Å². The highest BCUT2D eigenvalue weighted by Gasteiger charge is 2.44. The van der Waals surface area contributed by atoms with Crippen molar-refractivity contribution in [3.8, 4) is 0 Å². The maximum Gasteiger partial charge on any atom is 0.192 e. The third-order valence-corrected chi connectivity index (χ3v) is 12.8. The molecule has 1 atom stereocenters. The van der Waals surface area contributed by atoms with Crippen LogP contribution in [0.25, 0.3) is 0 Å². The van der Waals surface area contributed by atoms with E-state index in [9.17, 15) is 0 Å². The summed E-state index contributed by atoms with van der Waals surface area (Å²) in [5, 5.41) is 1.30. The van der Waals surface area contributed by atoms with Gasteiger partial charge in [0.25, 0.3) is 0 Å². The molecule has 2 aliphatic carbocycles. The molecule has 1 aromatic heterocycles. The Kier molecular flexibility index (Phi) is 7.33. The summed E-state index contributed by atoms with van der Waals surface area (Å²) in [5.41, 5.74) is 1.73. The molecule has 152 valence electrons. The van der Waals surface area contributed by atoms with Crippen molar-refractivity contribution in [2.45, 2.75) is 96.4 Å².